The van der Waals surface area contributed by atoms with Crippen LogP contribution in [0.4, 0.5) is 0 Å². The molecule has 0 spiro atoms. The summed E-state index contributed by atoms with van der Waals surface area (Å²) in [6, 6.07) is 0. The van der Waals surface area contributed by atoms with Crippen LogP contribution in [0, 0.1) is 23.7 Å². The Balaban J connectivity index is 1.88. The zero-order valence-electron chi connectivity index (χ0n) is 12.0. The Kier molecular flexibility index (Phi) is 4.48. The molecule has 1 amide bonds. The van der Waals surface area contributed by atoms with Gasteiger partial charge in [0, 0.05) is 25.4 Å². The van der Waals surface area contributed by atoms with E-state index in [0.717, 1.165) is 25.9 Å². The Hall–Kier alpha value is -1.06. The van der Waals surface area contributed by atoms with Gasteiger partial charge in [0.15, 0.2) is 0 Å². The van der Waals surface area contributed by atoms with Crippen LogP contribution < -0.4 is 0 Å². The van der Waals surface area contributed by atoms with Crippen LogP contribution in [-0.4, -0.2) is 35.0 Å². The van der Waals surface area contributed by atoms with Crippen LogP contribution >= 0.6 is 0 Å². The maximum atomic E-state index is 12.4. The minimum Gasteiger partial charge on any atom is -0.481 e. The molecule has 0 aromatic rings. The lowest BCUT2D eigenvalue weighted by atomic mass is 9.84. The maximum Gasteiger partial charge on any atom is 0.303 e. The summed E-state index contributed by atoms with van der Waals surface area (Å²) < 4.78 is 0. The highest BCUT2D eigenvalue weighted by Gasteiger charge is 2.37. The van der Waals surface area contributed by atoms with Crippen molar-refractivity contribution in [2.75, 3.05) is 13.1 Å². The van der Waals surface area contributed by atoms with E-state index in [1.165, 1.54) is 12.8 Å². The van der Waals surface area contributed by atoms with Crippen molar-refractivity contribution >= 4 is 11.9 Å². The molecular weight excluding hydrogens is 242 g/mol. The number of hydrogen-bond donors (Lipinski definition) is 1. The molecule has 4 heteroatoms. The summed E-state index contributed by atoms with van der Waals surface area (Å²) in [6.45, 7) is 5.65. The second-order valence-corrected chi connectivity index (χ2v) is 6.39. The first-order valence-corrected chi connectivity index (χ1v) is 7.49. The Bertz CT molecular complexity index is 351. The van der Waals surface area contributed by atoms with E-state index in [1.54, 1.807) is 0 Å². The fourth-order valence-electron chi connectivity index (χ4n) is 3.20. The molecule has 1 saturated heterocycles. The highest BCUT2D eigenvalue weighted by Crippen LogP contribution is 2.38. The van der Waals surface area contributed by atoms with Crippen molar-refractivity contribution in [2.45, 2.75) is 46.0 Å². The van der Waals surface area contributed by atoms with Crippen LogP contribution in [-0.2, 0) is 9.59 Å². The van der Waals surface area contributed by atoms with E-state index < -0.39 is 5.97 Å². The Morgan fingerprint density at radius 1 is 1.21 bits per heavy atom. The molecule has 2 aliphatic rings. The second-order valence-electron chi connectivity index (χ2n) is 6.39. The summed E-state index contributed by atoms with van der Waals surface area (Å²) in [5.41, 5.74) is 0. The third-order valence-electron chi connectivity index (χ3n) is 4.79. The number of carbonyl (C=O) groups is 2. The minimum atomic E-state index is -0.734. The van der Waals surface area contributed by atoms with Gasteiger partial charge in [-0.1, -0.05) is 13.8 Å². The van der Waals surface area contributed by atoms with Crippen molar-refractivity contribution in [1.82, 2.24) is 4.90 Å². The standard InChI is InChI=1S/C15H25NO3/c1-10(8-14(17)18)13-4-3-7-16(9-13)15(19)11(2)12-5-6-12/h10-13H,3-9H2,1-2H3,(H,17,18). The normalized spacial score (nSPS) is 26.8. The molecule has 0 bridgehead atoms. The fourth-order valence-corrected chi connectivity index (χ4v) is 3.20. The fraction of sp³-hybridized carbons (Fsp3) is 0.867. The quantitative estimate of drug-likeness (QED) is 0.832. The van der Waals surface area contributed by atoms with Crippen LogP contribution in [0.2, 0.25) is 0 Å². The number of carboxylic acid groups (broad SMARTS) is 1. The lowest BCUT2D eigenvalue weighted by Crippen LogP contribution is -2.44. The maximum absolute atomic E-state index is 12.4. The van der Waals surface area contributed by atoms with Gasteiger partial charge in [0.25, 0.3) is 0 Å². The Morgan fingerprint density at radius 2 is 1.89 bits per heavy atom. The summed E-state index contributed by atoms with van der Waals surface area (Å²) >= 11 is 0. The number of likely N-dealkylation sites (tertiary alicyclic amines) is 1. The van der Waals surface area contributed by atoms with Crippen LogP contribution in [0.15, 0.2) is 0 Å². The van der Waals surface area contributed by atoms with Crippen LogP contribution in [0.5, 0.6) is 0 Å². The molecule has 3 atom stereocenters. The Morgan fingerprint density at radius 3 is 2.47 bits per heavy atom. The zero-order chi connectivity index (χ0) is 14.0. The molecular formula is C15H25NO3. The molecule has 1 N–H and O–H groups in total. The molecule has 2 rings (SSSR count). The summed E-state index contributed by atoms with van der Waals surface area (Å²) in [7, 11) is 0. The van der Waals surface area contributed by atoms with Gasteiger partial charge in [0.1, 0.15) is 0 Å². The highest BCUT2D eigenvalue weighted by molar-refractivity contribution is 5.79. The molecule has 1 heterocycles. The largest absolute Gasteiger partial charge is 0.481 e. The number of carbonyl (C=O) groups excluding carboxylic acids is 1. The first kappa shape index (κ1) is 14.4. The first-order chi connectivity index (χ1) is 8.99. The van der Waals surface area contributed by atoms with E-state index in [2.05, 4.69) is 0 Å². The molecule has 1 saturated carbocycles. The predicted molar refractivity (Wildman–Crippen MR) is 72.6 cm³/mol. The van der Waals surface area contributed by atoms with E-state index in [1.807, 2.05) is 18.7 Å². The summed E-state index contributed by atoms with van der Waals surface area (Å²) in [4.78, 5) is 25.2. The lowest BCUT2D eigenvalue weighted by molar-refractivity contribution is -0.139. The molecule has 0 aromatic heterocycles. The zero-order valence-corrected chi connectivity index (χ0v) is 12.0. The Labute approximate surface area is 115 Å². The van der Waals surface area contributed by atoms with Gasteiger partial charge in [-0.3, -0.25) is 9.59 Å². The molecule has 3 unspecified atom stereocenters. The summed E-state index contributed by atoms with van der Waals surface area (Å²) in [5.74, 6) is 0.819. The van der Waals surface area contributed by atoms with Crippen LogP contribution in [0.25, 0.3) is 0 Å². The molecule has 0 radical (unpaired) electrons. The number of amides is 1. The van der Waals surface area contributed by atoms with Gasteiger partial charge < -0.3 is 10.0 Å². The van der Waals surface area contributed by atoms with E-state index in [-0.39, 0.29) is 24.2 Å². The monoisotopic (exact) mass is 267 g/mol. The van der Waals surface area contributed by atoms with Gasteiger partial charge >= 0.3 is 5.97 Å². The molecule has 108 valence electrons. The van der Waals surface area contributed by atoms with E-state index >= 15 is 0 Å². The number of carboxylic acids is 1. The van der Waals surface area contributed by atoms with E-state index in [4.69, 9.17) is 5.11 Å². The smallest absolute Gasteiger partial charge is 0.303 e. The van der Waals surface area contributed by atoms with Crippen LogP contribution in [0.1, 0.15) is 46.0 Å². The predicted octanol–water partition coefficient (Wildman–Crippen LogP) is 2.38. The van der Waals surface area contributed by atoms with Crippen molar-refractivity contribution in [3.63, 3.8) is 0 Å². The molecule has 0 aromatic carbocycles. The highest BCUT2D eigenvalue weighted by atomic mass is 16.4. The number of piperidine rings is 1. The van der Waals surface area contributed by atoms with Gasteiger partial charge in [0.2, 0.25) is 5.91 Å². The van der Waals surface area contributed by atoms with Crippen LogP contribution in [0.3, 0.4) is 0 Å². The van der Waals surface area contributed by atoms with Crippen molar-refractivity contribution in [2.24, 2.45) is 23.7 Å². The number of nitrogens with zero attached hydrogens (tertiary/aromatic N) is 1. The molecule has 2 fully saturated rings. The molecule has 1 aliphatic heterocycles. The average molecular weight is 267 g/mol. The van der Waals surface area contributed by atoms with Crippen molar-refractivity contribution in [3.8, 4) is 0 Å². The van der Waals surface area contributed by atoms with Gasteiger partial charge in [-0.2, -0.15) is 0 Å². The van der Waals surface area contributed by atoms with E-state index in [9.17, 15) is 9.59 Å². The molecule has 19 heavy (non-hydrogen) atoms. The van der Waals surface area contributed by atoms with E-state index in [0.29, 0.717) is 11.8 Å². The van der Waals surface area contributed by atoms with Gasteiger partial charge in [-0.05, 0) is 43.4 Å². The summed E-state index contributed by atoms with van der Waals surface area (Å²) in [6.07, 6.45) is 4.66. The number of hydrogen-bond acceptors (Lipinski definition) is 2. The SMILES string of the molecule is CC(CC(=O)O)C1CCCN(C(=O)C(C)C2CC2)C1. The third kappa shape index (κ3) is 3.71. The van der Waals surface area contributed by atoms with Crippen molar-refractivity contribution in [1.29, 1.82) is 0 Å². The lowest BCUT2D eigenvalue weighted by Gasteiger charge is -2.36. The van der Waals surface area contributed by atoms with Crippen molar-refractivity contribution in [3.05, 3.63) is 0 Å². The number of rotatable bonds is 5. The van der Waals surface area contributed by atoms with Gasteiger partial charge in [-0.25, -0.2) is 0 Å². The molecule has 1 aliphatic carbocycles. The minimum absolute atomic E-state index is 0.157. The van der Waals surface area contributed by atoms with Gasteiger partial charge in [0.05, 0.1) is 0 Å². The first-order valence-electron chi connectivity index (χ1n) is 7.49. The number of aliphatic carboxylic acids is 1. The summed E-state index contributed by atoms with van der Waals surface area (Å²) in [5, 5.41) is 8.88. The topological polar surface area (TPSA) is 57.6 Å². The third-order valence-corrected chi connectivity index (χ3v) is 4.79. The average Bonchev–Trinajstić information content (AvgIpc) is 3.20. The van der Waals surface area contributed by atoms with Gasteiger partial charge in [-0.15, -0.1) is 0 Å². The second kappa shape index (κ2) is 5.93. The van der Waals surface area contributed by atoms with Crippen molar-refractivity contribution < 1.29 is 14.7 Å². The molecule has 4 nitrogen and oxygen atoms in total.